The van der Waals surface area contributed by atoms with Crippen LogP contribution in [0.25, 0.3) is 0 Å². The monoisotopic (exact) mass is 270 g/mol. The van der Waals surface area contributed by atoms with Gasteiger partial charge in [0.1, 0.15) is 0 Å². The number of morpholine rings is 1. The maximum atomic E-state index is 12.2. The minimum atomic E-state index is -0.0990. The van der Waals surface area contributed by atoms with Crippen molar-refractivity contribution in [1.82, 2.24) is 10.2 Å². The van der Waals surface area contributed by atoms with Crippen LogP contribution in [0.2, 0.25) is 0 Å². The standard InChI is InChI=1S/C14H26N2O3/c1-12(13(17)16-6-9-19-10-7-16)15-11-14(3-4-14)5-8-18-2/h12,15H,3-11H2,1-2H3. The highest BCUT2D eigenvalue weighted by molar-refractivity contribution is 5.81. The van der Waals surface area contributed by atoms with E-state index in [9.17, 15) is 4.79 Å². The van der Waals surface area contributed by atoms with Gasteiger partial charge in [0.05, 0.1) is 19.3 Å². The quantitative estimate of drug-likeness (QED) is 0.737. The first-order chi connectivity index (χ1) is 9.17. The fourth-order valence-corrected chi connectivity index (χ4v) is 2.53. The van der Waals surface area contributed by atoms with Crippen molar-refractivity contribution in [2.45, 2.75) is 32.2 Å². The van der Waals surface area contributed by atoms with E-state index in [1.807, 2.05) is 11.8 Å². The van der Waals surface area contributed by atoms with Gasteiger partial charge in [0.2, 0.25) is 5.91 Å². The van der Waals surface area contributed by atoms with Crippen LogP contribution in [0.3, 0.4) is 0 Å². The Morgan fingerprint density at radius 1 is 1.42 bits per heavy atom. The Morgan fingerprint density at radius 2 is 2.11 bits per heavy atom. The molecule has 0 aromatic heterocycles. The van der Waals surface area contributed by atoms with Crippen molar-refractivity contribution in [1.29, 1.82) is 0 Å². The van der Waals surface area contributed by atoms with Crippen molar-refractivity contribution < 1.29 is 14.3 Å². The van der Waals surface area contributed by atoms with E-state index in [0.29, 0.717) is 18.6 Å². The number of amides is 1. The van der Waals surface area contributed by atoms with Crippen molar-refractivity contribution in [2.75, 3.05) is 46.6 Å². The predicted octanol–water partition coefficient (Wildman–Crippen LogP) is 0.640. The zero-order valence-corrected chi connectivity index (χ0v) is 12.1. The van der Waals surface area contributed by atoms with Crippen molar-refractivity contribution in [2.24, 2.45) is 5.41 Å². The highest BCUT2D eigenvalue weighted by Crippen LogP contribution is 2.48. The highest BCUT2D eigenvalue weighted by atomic mass is 16.5. The molecule has 1 aliphatic heterocycles. The van der Waals surface area contributed by atoms with Gasteiger partial charge in [-0.05, 0) is 31.6 Å². The van der Waals surface area contributed by atoms with Gasteiger partial charge >= 0.3 is 0 Å². The largest absolute Gasteiger partial charge is 0.385 e. The average Bonchev–Trinajstić information content (AvgIpc) is 3.23. The number of methoxy groups -OCH3 is 1. The Bertz CT molecular complexity index is 299. The second kappa shape index (κ2) is 6.68. The fourth-order valence-electron chi connectivity index (χ4n) is 2.53. The van der Waals surface area contributed by atoms with Gasteiger partial charge in [0, 0.05) is 33.4 Å². The van der Waals surface area contributed by atoms with Crippen LogP contribution in [-0.4, -0.2) is 63.4 Å². The van der Waals surface area contributed by atoms with Crippen LogP contribution in [0.5, 0.6) is 0 Å². The number of rotatable bonds is 7. The molecule has 0 bridgehead atoms. The third kappa shape index (κ3) is 4.16. The molecule has 19 heavy (non-hydrogen) atoms. The molecule has 1 unspecified atom stereocenters. The summed E-state index contributed by atoms with van der Waals surface area (Å²) < 4.78 is 10.4. The Morgan fingerprint density at radius 3 is 2.68 bits per heavy atom. The number of carbonyl (C=O) groups is 1. The maximum absolute atomic E-state index is 12.2. The van der Waals surface area contributed by atoms with E-state index in [0.717, 1.165) is 32.7 Å². The number of ether oxygens (including phenoxy) is 2. The van der Waals surface area contributed by atoms with E-state index in [-0.39, 0.29) is 11.9 Å². The van der Waals surface area contributed by atoms with Crippen molar-refractivity contribution >= 4 is 5.91 Å². The van der Waals surface area contributed by atoms with E-state index in [1.54, 1.807) is 7.11 Å². The lowest BCUT2D eigenvalue weighted by molar-refractivity contribution is -0.137. The Hall–Kier alpha value is -0.650. The molecule has 0 radical (unpaired) electrons. The van der Waals surface area contributed by atoms with Crippen LogP contribution in [-0.2, 0) is 14.3 Å². The molecule has 0 spiro atoms. The summed E-state index contributed by atoms with van der Waals surface area (Å²) in [4.78, 5) is 14.1. The summed E-state index contributed by atoms with van der Waals surface area (Å²) in [7, 11) is 1.74. The van der Waals surface area contributed by atoms with Gasteiger partial charge in [-0.25, -0.2) is 0 Å². The first-order valence-corrected chi connectivity index (χ1v) is 7.26. The van der Waals surface area contributed by atoms with Crippen LogP contribution >= 0.6 is 0 Å². The molecule has 1 saturated carbocycles. The van der Waals surface area contributed by atoms with Crippen LogP contribution in [0.4, 0.5) is 0 Å². The molecule has 5 nitrogen and oxygen atoms in total. The number of nitrogens with zero attached hydrogens (tertiary/aromatic N) is 1. The van der Waals surface area contributed by atoms with Gasteiger partial charge < -0.3 is 19.7 Å². The molecule has 0 aromatic rings. The summed E-state index contributed by atoms with van der Waals surface area (Å²) in [6.45, 7) is 6.47. The Balaban J connectivity index is 1.71. The number of hydrogen-bond acceptors (Lipinski definition) is 4. The van der Waals surface area contributed by atoms with Gasteiger partial charge in [-0.2, -0.15) is 0 Å². The summed E-state index contributed by atoms with van der Waals surface area (Å²) in [5, 5.41) is 3.40. The molecule has 1 amide bonds. The molecule has 110 valence electrons. The molecule has 2 fully saturated rings. The number of hydrogen-bond donors (Lipinski definition) is 1. The number of carbonyl (C=O) groups excluding carboxylic acids is 1. The lowest BCUT2D eigenvalue weighted by atomic mass is 10.0. The molecule has 5 heteroatoms. The summed E-state index contributed by atoms with van der Waals surface area (Å²) in [5.41, 5.74) is 0.384. The van der Waals surface area contributed by atoms with E-state index in [4.69, 9.17) is 9.47 Å². The molecular weight excluding hydrogens is 244 g/mol. The summed E-state index contributed by atoms with van der Waals surface area (Å²) in [6, 6.07) is -0.0990. The van der Waals surface area contributed by atoms with Crippen LogP contribution < -0.4 is 5.32 Å². The minimum Gasteiger partial charge on any atom is -0.385 e. The molecule has 1 saturated heterocycles. The van der Waals surface area contributed by atoms with E-state index < -0.39 is 0 Å². The second-order valence-corrected chi connectivity index (χ2v) is 5.78. The fraction of sp³-hybridized carbons (Fsp3) is 0.929. The average molecular weight is 270 g/mol. The highest BCUT2D eigenvalue weighted by Gasteiger charge is 2.42. The number of nitrogens with one attached hydrogen (secondary N) is 1. The van der Waals surface area contributed by atoms with Crippen LogP contribution in [0.1, 0.15) is 26.2 Å². The molecule has 0 aromatic carbocycles. The maximum Gasteiger partial charge on any atom is 0.239 e. The van der Waals surface area contributed by atoms with Gasteiger partial charge in [0.25, 0.3) is 0 Å². The second-order valence-electron chi connectivity index (χ2n) is 5.78. The van der Waals surface area contributed by atoms with E-state index in [2.05, 4.69) is 5.32 Å². The van der Waals surface area contributed by atoms with Gasteiger partial charge in [-0.3, -0.25) is 4.79 Å². The van der Waals surface area contributed by atoms with E-state index in [1.165, 1.54) is 12.8 Å². The van der Waals surface area contributed by atoms with Crippen LogP contribution in [0, 0.1) is 5.41 Å². The molecule has 1 atom stereocenters. The van der Waals surface area contributed by atoms with Crippen molar-refractivity contribution in [3.05, 3.63) is 0 Å². The molecule has 1 aliphatic carbocycles. The summed E-state index contributed by atoms with van der Waals surface area (Å²) in [5.74, 6) is 0.200. The lowest BCUT2D eigenvalue weighted by Crippen LogP contribution is -2.50. The lowest BCUT2D eigenvalue weighted by Gasteiger charge is -2.30. The SMILES string of the molecule is COCCC1(CNC(C)C(=O)N2CCOCC2)CC1. The molecule has 2 aliphatic rings. The zero-order chi connectivity index (χ0) is 13.7. The zero-order valence-electron chi connectivity index (χ0n) is 12.1. The van der Waals surface area contributed by atoms with Gasteiger partial charge in [-0.1, -0.05) is 0 Å². The first kappa shape index (κ1) is 14.8. The molecule has 1 N–H and O–H groups in total. The normalized spacial score (nSPS) is 23.2. The summed E-state index contributed by atoms with van der Waals surface area (Å²) in [6.07, 6.45) is 3.60. The summed E-state index contributed by atoms with van der Waals surface area (Å²) >= 11 is 0. The Labute approximate surface area is 115 Å². The molecule has 2 rings (SSSR count). The van der Waals surface area contributed by atoms with Crippen molar-refractivity contribution in [3.63, 3.8) is 0 Å². The predicted molar refractivity (Wildman–Crippen MR) is 73.0 cm³/mol. The van der Waals surface area contributed by atoms with Gasteiger partial charge in [0.15, 0.2) is 0 Å². The molecule has 1 heterocycles. The smallest absolute Gasteiger partial charge is 0.239 e. The topological polar surface area (TPSA) is 50.8 Å². The third-order valence-electron chi connectivity index (χ3n) is 4.27. The minimum absolute atomic E-state index is 0.0990. The third-order valence-corrected chi connectivity index (χ3v) is 4.27. The Kier molecular flexibility index (Phi) is 5.19. The first-order valence-electron chi connectivity index (χ1n) is 7.26. The van der Waals surface area contributed by atoms with Crippen molar-refractivity contribution in [3.8, 4) is 0 Å². The van der Waals surface area contributed by atoms with Gasteiger partial charge in [-0.15, -0.1) is 0 Å². The molecular formula is C14H26N2O3. The van der Waals surface area contributed by atoms with Crippen LogP contribution in [0.15, 0.2) is 0 Å². The van der Waals surface area contributed by atoms with E-state index >= 15 is 0 Å².